The van der Waals surface area contributed by atoms with Gasteiger partial charge in [-0.2, -0.15) is 5.10 Å². The summed E-state index contributed by atoms with van der Waals surface area (Å²) in [7, 11) is 0. The van der Waals surface area contributed by atoms with E-state index in [2.05, 4.69) is 29.3 Å². The number of H-pyrrole nitrogens is 1. The molecule has 0 unspecified atom stereocenters. The van der Waals surface area contributed by atoms with Crippen LogP contribution in [0.3, 0.4) is 0 Å². The Bertz CT molecular complexity index is 857. The Morgan fingerprint density at radius 2 is 1.78 bits per heavy atom. The molecular formula is C20H24N4O3. The van der Waals surface area contributed by atoms with Gasteiger partial charge >= 0.3 is 0 Å². The highest BCUT2D eigenvalue weighted by molar-refractivity contribution is 5.92. The number of nitrogens with one attached hydrogen (secondary N) is 1. The van der Waals surface area contributed by atoms with E-state index in [1.165, 1.54) is 23.3 Å². The van der Waals surface area contributed by atoms with Crippen molar-refractivity contribution in [3.8, 4) is 0 Å². The smallest absolute Gasteiger partial charge is 0.274 e. The first-order valence-electron chi connectivity index (χ1n) is 9.22. The Hall–Kier alpha value is -2.96. The predicted octanol–water partition coefficient (Wildman–Crippen LogP) is 1.39. The van der Waals surface area contributed by atoms with Crippen molar-refractivity contribution < 1.29 is 9.59 Å². The number of nitrogens with zero attached hydrogens (tertiary/aromatic N) is 3. The number of aromatic amines is 1. The molecule has 2 amide bonds. The lowest BCUT2D eigenvalue weighted by Crippen LogP contribution is -2.38. The van der Waals surface area contributed by atoms with Gasteiger partial charge in [-0.3, -0.25) is 14.4 Å². The van der Waals surface area contributed by atoms with E-state index < -0.39 is 0 Å². The van der Waals surface area contributed by atoms with E-state index in [1.54, 1.807) is 4.90 Å². The highest BCUT2D eigenvalue weighted by Crippen LogP contribution is 2.12. The molecule has 1 N–H and O–H groups in total. The standard InChI is InChI=1S/C20H24N4O3/c1-15-5-2-3-6-16(15)7-10-19(26)23-11-4-12-24(14-13-23)20(27)17-8-9-18(25)22-21-17/h2-3,5-6,8-9H,4,7,10-14H2,1H3,(H,22,25). The summed E-state index contributed by atoms with van der Waals surface area (Å²) in [4.78, 5) is 39.7. The first-order chi connectivity index (χ1) is 13.0. The van der Waals surface area contributed by atoms with Crippen LogP contribution < -0.4 is 5.56 Å². The molecule has 0 bridgehead atoms. The molecule has 1 fully saturated rings. The van der Waals surface area contributed by atoms with Crippen LogP contribution in [0.15, 0.2) is 41.2 Å². The van der Waals surface area contributed by atoms with Crippen LogP contribution in [0.4, 0.5) is 0 Å². The molecule has 7 heteroatoms. The van der Waals surface area contributed by atoms with Crippen molar-refractivity contribution in [3.63, 3.8) is 0 Å². The molecule has 1 aliphatic rings. The monoisotopic (exact) mass is 368 g/mol. The molecule has 142 valence electrons. The summed E-state index contributed by atoms with van der Waals surface area (Å²) >= 11 is 0. The van der Waals surface area contributed by atoms with Gasteiger partial charge < -0.3 is 9.80 Å². The van der Waals surface area contributed by atoms with Crippen molar-refractivity contribution in [1.82, 2.24) is 20.0 Å². The summed E-state index contributed by atoms with van der Waals surface area (Å²) in [5, 5.41) is 6.08. The number of aryl methyl sites for hydroxylation is 2. The van der Waals surface area contributed by atoms with E-state index in [1.807, 2.05) is 17.0 Å². The zero-order valence-electron chi connectivity index (χ0n) is 15.5. The maximum atomic E-state index is 12.6. The first kappa shape index (κ1) is 18.8. The minimum absolute atomic E-state index is 0.120. The highest BCUT2D eigenvalue weighted by atomic mass is 16.2. The number of rotatable bonds is 4. The number of hydrogen-bond acceptors (Lipinski definition) is 4. The van der Waals surface area contributed by atoms with Crippen molar-refractivity contribution in [1.29, 1.82) is 0 Å². The fourth-order valence-electron chi connectivity index (χ4n) is 3.29. The molecule has 0 radical (unpaired) electrons. The molecule has 3 rings (SSSR count). The highest BCUT2D eigenvalue weighted by Gasteiger charge is 2.23. The minimum Gasteiger partial charge on any atom is -0.341 e. The molecule has 7 nitrogen and oxygen atoms in total. The summed E-state index contributed by atoms with van der Waals surface area (Å²) in [5.41, 5.74) is 2.27. The SMILES string of the molecule is Cc1ccccc1CCC(=O)N1CCCN(C(=O)c2ccc(=O)[nH]n2)CC1. The van der Waals surface area contributed by atoms with Crippen molar-refractivity contribution >= 4 is 11.8 Å². The third kappa shape index (κ3) is 4.81. The topological polar surface area (TPSA) is 86.4 Å². The van der Waals surface area contributed by atoms with Crippen molar-refractivity contribution in [2.24, 2.45) is 0 Å². The average Bonchev–Trinajstić information content (AvgIpc) is 2.93. The quantitative estimate of drug-likeness (QED) is 0.883. The van der Waals surface area contributed by atoms with Gasteiger partial charge in [0, 0.05) is 38.7 Å². The fraction of sp³-hybridized carbons (Fsp3) is 0.400. The zero-order valence-corrected chi connectivity index (χ0v) is 15.5. The van der Waals surface area contributed by atoms with E-state index in [9.17, 15) is 14.4 Å². The Morgan fingerprint density at radius 3 is 2.52 bits per heavy atom. The third-order valence-corrected chi connectivity index (χ3v) is 4.90. The van der Waals surface area contributed by atoms with Crippen LogP contribution >= 0.6 is 0 Å². The average molecular weight is 368 g/mol. The van der Waals surface area contributed by atoms with Gasteiger partial charge in [0.05, 0.1) is 0 Å². The predicted molar refractivity (Wildman–Crippen MR) is 101 cm³/mol. The summed E-state index contributed by atoms with van der Waals surface area (Å²) in [5.74, 6) is -0.102. The molecule has 0 atom stereocenters. The molecule has 1 aliphatic heterocycles. The van der Waals surface area contributed by atoms with Gasteiger partial charge in [-0.15, -0.1) is 0 Å². The van der Waals surface area contributed by atoms with E-state index in [-0.39, 0.29) is 23.1 Å². The number of benzene rings is 1. The molecular weight excluding hydrogens is 344 g/mol. The molecule has 1 aromatic heterocycles. The third-order valence-electron chi connectivity index (χ3n) is 4.90. The van der Waals surface area contributed by atoms with Crippen molar-refractivity contribution in [2.45, 2.75) is 26.2 Å². The van der Waals surface area contributed by atoms with E-state index >= 15 is 0 Å². The number of amides is 2. The van der Waals surface area contributed by atoms with E-state index in [4.69, 9.17) is 0 Å². The lowest BCUT2D eigenvalue weighted by atomic mass is 10.0. The van der Waals surface area contributed by atoms with Gasteiger partial charge in [-0.25, -0.2) is 5.10 Å². The van der Waals surface area contributed by atoms with Gasteiger partial charge in [0.1, 0.15) is 5.69 Å². The summed E-state index contributed by atoms with van der Waals surface area (Å²) in [6.45, 7) is 4.26. The lowest BCUT2D eigenvalue weighted by Gasteiger charge is -2.22. The molecule has 27 heavy (non-hydrogen) atoms. The van der Waals surface area contributed by atoms with Gasteiger partial charge in [-0.05, 0) is 37.0 Å². The number of hydrogen-bond donors (Lipinski definition) is 1. The van der Waals surface area contributed by atoms with Crippen LogP contribution in [0.2, 0.25) is 0 Å². The second kappa shape index (κ2) is 8.62. The number of carbonyl (C=O) groups is 2. The van der Waals surface area contributed by atoms with Crippen LogP contribution in [0, 0.1) is 6.92 Å². The Kier molecular flexibility index (Phi) is 6.01. The number of aromatic nitrogens is 2. The van der Waals surface area contributed by atoms with Crippen molar-refractivity contribution in [3.05, 3.63) is 63.6 Å². The van der Waals surface area contributed by atoms with Gasteiger partial charge in [0.15, 0.2) is 0 Å². The Labute approximate surface area is 158 Å². The largest absolute Gasteiger partial charge is 0.341 e. The number of carbonyl (C=O) groups excluding carboxylic acids is 2. The second-order valence-corrected chi connectivity index (χ2v) is 6.76. The maximum absolute atomic E-state index is 12.6. The van der Waals surface area contributed by atoms with Crippen LogP contribution in [0.1, 0.15) is 34.5 Å². The Balaban J connectivity index is 1.55. The van der Waals surface area contributed by atoms with Gasteiger partial charge in [-0.1, -0.05) is 24.3 Å². The van der Waals surface area contributed by atoms with E-state index in [0.29, 0.717) is 32.6 Å². The van der Waals surface area contributed by atoms with Gasteiger partial charge in [0.25, 0.3) is 11.5 Å². The van der Waals surface area contributed by atoms with Crippen molar-refractivity contribution in [2.75, 3.05) is 26.2 Å². The second-order valence-electron chi connectivity index (χ2n) is 6.76. The van der Waals surface area contributed by atoms with E-state index in [0.717, 1.165) is 12.8 Å². The molecule has 0 saturated carbocycles. The first-order valence-corrected chi connectivity index (χ1v) is 9.22. The molecule has 2 heterocycles. The van der Waals surface area contributed by atoms with Crippen LogP contribution in [0.25, 0.3) is 0 Å². The molecule has 0 spiro atoms. The molecule has 1 aromatic carbocycles. The van der Waals surface area contributed by atoms with Crippen LogP contribution in [-0.4, -0.2) is 58.0 Å². The lowest BCUT2D eigenvalue weighted by molar-refractivity contribution is -0.131. The summed E-state index contributed by atoms with van der Waals surface area (Å²) < 4.78 is 0. The zero-order chi connectivity index (χ0) is 19.2. The minimum atomic E-state index is -0.340. The Morgan fingerprint density at radius 1 is 1.04 bits per heavy atom. The molecule has 1 saturated heterocycles. The summed E-state index contributed by atoms with van der Waals surface area (Å²) in [6, 6.07) is 10.8. The fourth-order valence-corrected chi connectivity index (χ4v) is 3.29. The molecule has 2 aromatic rings. The van der Waals surface area contributed by atoms with Crippen LogP contribution in [0.5, 0.6) is 0 Å². The maximum Gasteiger partial charge on any atom is 0.274 e. The normalized spacial score (nSPS) is 14.7. The van der Waals surface area contributed by atoms with Gasteiger partial charge in [0.2, 0.25) is 5.91 Å². The van der Waals surface area contributed by atoms with Crippen LogP contribution in [-0.2, 0) is 11.2 Å². The summed E-state index contributed by atoms with van der Waals surface area (Å²) in [6.07, 6.45) is 1.93. The molecule has 0 aliphatic carbocycles.